The zero-order valence-electron chi connectivity index (χ0n) is 10.2. The monoisotopic (exact) mass is 290 g/mol. The molecular formula is C12H10F4N2O2. The lowest BCUT2D eigenvalue weighted by Crippen LogP contribution is -2.07. The number of nitrogens with zero attached hydrogens (tertiary/aromatic N) is 1. The summed E-state index contributed by atoms with van der Waals surface area (Å²) in [6.45, 7) is -4.52. The lowest BCUT2D eigenvalue weighted by molar-refractivity contribution is -0.0692. The molecule has 0 spiro atoms. The molecule has 0 saturated carbocycles. The second-order valence-electron chi connectivity index (χ2n) is 3.83. The molecule has 0 fully saturated rings. The lowest BCUT2D eigenvalue weighted by atomic mass is 10.2. The number of hydrogen-bond acceptors (Lipinski definition) is 3. The molecule has 0 amide bonds. The van der Waals surface area contributed by atoms with E-state index in [2.05, 4.69) is 19.4 Å². The summed E-state index contributed by atoms with van der Waals surface area (Å²) in [5.74, 6) is -0.538. The van der Waals surface area contributed by atoms with Gasteiger partial charge in [0.15, 0.2) is 11.5 Å². The number of ether oxygens (including phenoxy) is 2. The number of benzene rings is 1. The minimum absolute atomic E-state index is 0.408. The summed E-state index contributed by atoms with van der Waals surface area (Å²) in [5, 5.41) is 0. The Kier molecular flexibility index (Phi) is 4.11. The fourth-order valence-corrected chi connectivity index (χ4v) is 1.60. The number of aromatic amines is 1. The van der Waals surface area contributed by atoms with Gasteiger partial charge in [0.05, 0.1) is 0 Å². The Balaban J connectivity index is 2.37. The van der Waals surface area contributed by atoms with Crippen molar-refractivity contribution in [3.63, 3.8) is 0 Å². The first-order chi connectivity index (χ1) is 9.45. The average molecular weight is 290 g/mol. The molecule has 0 aliphatic carbocycles. The van der Waals surface area contributed by atoms with E-state index in [1.165, 1.54) is 6.07 Å². The van der Waals surface area contributed by atoms with E-state index in [-0.39, 0.29) is 0 Å². The second kappa shape index (κ2) is 5.81. The van der Waals surface area contributed by atoms with Crippen LogP contribution < -0.4 is 9.47 Å². The summed E-state index contributed by atoms with van der Waals surface area (Å²) >= 11 is 0. The topological polar surface area (TPSA) is 47.1 Å². The molecule has 0 saturated heterocycles. The predicted molar refractivity (Wildman–Crippen MR) is 62.0 cm³/mol. The number of halogens is 4. The van der Waals surface area contributed by atoms with Crippen molar-refractivity contribution in [3.8, 4) is 22.9 Å². The zero-order valence-corrected chi connectivity index (χ0v) is 10.2. The molecule has 1 heterocycles. The van der Waals surface area contributed by atoms with Crippen molar-refractivity contribution < 1.29 is 27.0 Å². The van der Waals surface area contributed by atoms with E-state index in [1.54, 1.807) is 13.1 Å². The van der Waals surface area contributed by atoms with Crippen LogP contribution in [0.5, 0.6) is 11.5 Å². The number of H-pyrrole nitrogens is 1. The molecule has 0 aliphatic heterocycles. The molecule has 108 valence electrons. The van der Waals surface area contributed by atoms with Crippen LogP contribution in [0, 0.1) is 6.92 Å². The molecule has 2 rings (SSSR count). The molecule has 8 heteroatoms. The molecule has 0 atom stereocenters. The van der Waals surface area contributed by atoms with Crippen LogP contribution in [-0.2, 0) is 0 Å². The Morgan fingerprint density at radius 3 is 2.25 bits per heavy atom. The van der Waals surface area contributed by atoms with Crippen molar-refractivity contribution in [1.29, 1.82) is 0 Å². The minimum atomic E-state index is -3.15. The number of alkyl halides is 4. The molecule has 1 aromatic carbocycles. The van der Waals surface area contributed by atoms with Crippen LogP contribution in [0.4, 0.5) is 17.6 Å². The van der Waals surface area contributed by atoms with Crippen LogP contribution in [0.2, 0.25) is 0 Å². The Labute approximate surface area is 111 Å². The lowest BCUT2D eigenvalue weighted by Gasteiger charge is -2.12. The van der Waals surface area contributed by atoms with Gasteiger partial charge < -0.3 is 14.5 Å². The predicted octanol–water partition coefficient (Wildman–Crippen LogP) is 3.59. The molecule has 1 N–H and O–H groups in total. The second-order valence-corrected chi connectivity index (χ2v) is 3.83. The molecule has 20 heavy (non-hydrogen) atoms. The number of hydrogen-bond donors (Lipinski definition) is 1. The molecule has 4 nitrogen and oxygen atoms in total. The molecule has 1 aromatic heterocycles. The summed E-state index contributed by atoms with van der Waals surface area (Å²) in [4.78, 5) is 6.90. The van der Waals surface area contributed by atoms with Crippen LogP contribution in [0.25, 0.3) is 11.4 Å². The first-order valence-corrected chi connectivity index (χ1v) is 5.51. The van der Waals surface area contributed by atoms with Crippen molar-refractivity contribution in [3.05, 3.63) is 30.1 Å². The fraction of sp³-hybridized carbons (Fsp3) is 0.250. The number of aromatic nitrogens is 2. The van der Waals surface area contributed by atoms with Crippen LogP contribution in [-0.4, -0.2) is 23.2 Å². The van der Waals surface area contributed by atoms with Crippen LogP contribution >= 0.6 is 0 Å². The van der Waals surface area contributed by atoms with E-state index in [9.17, 15) is 17.6 Å². The molecule has 2 aromatic rings. The van der Waals surface area contributed by atoms with Crippen molar-refractivity contribution in [2.45, 2.75) is 20.1 Å². The van der Waals surface area contributed by atoms with Gasteiger partial charge in [-0.15, -0.1) is 0 Å². The zero-order chi connectivity index (χ0) is 14.7. The Bertz CT molecular complexity index is 587. The van der Waals surface area contributed by atoms with Gasteiger partial charge in [-0.2, -0.15) is 17.6 Å². The quantitative estimate of drug-likeness (QED) is 0.856. The van der Waals surface area contributed by atoms with Gasteiger partial charge >= 0.3 is 13.2 Å². The summed E-state index contributed by atoms with van der Waals surface area (Å²) in [7, 11) is 0. The van der Waals surface area contributed by atoms with Gasteiger partial charge in [0, 0.05) is 17.5 Å². The smallest absolute Gasteiger partial charge is 0.387 e. The Morgan fingerprint density at radius 2 is 1.70 bits per heavy atom. The molecule has 0 bridgehead atoms. The number of imidazole rings is 1. The van der Waals surface area contributed by atoms with Crippen LogP contribution in [0.1, 0.15) is 5.69 Å². The largest absolute Gasteiger partial charge is 0.431 e. The van der Waals surface area contributed by atoms with Crippen molar-refractivity contribution in [1.82, 2.24) is 9.97 Å². The van der Waals surface area contributed by atoms with E-state index < -0.39 is 24.7 Å². The first kappa shape index (κ1) is 14.2. The van der Waals surface area contributed by atoms with Gasteiger partial charge in [-0.05, 0) is 25.1 Å². The molecule has 0 radical (unpaired) electrons. The Hall–Kier alpha value is -2.25. The van der Waals surface area contributed by atoms with E-state index in [0.717, 1.165) is 17.8 Å². The van der Waals surface area contributed by atoms with Crippen LogP contribution in [0.15, 0.2) is 24.4 Å². The van der Waals surface area contributed by atoms with Gasteiger partial charge in [0.1, 0.15) is 5.82 Å². The molecule has 0 aliphatic rings. The van der Waals surface area contributed by atoms with E-state index >= 15 is 0 Å². The highest BCUT2D eigenvalue weighted by Gasteiger charge is 2.16. The standard InChI is InChI=1S/C12H10F4N2O2/c1-6-5-17-10(18-6)7-2-3-8(19-11(13)14)9(4-7)20-12(15)16/h2-5,11-12H,1H3,(H,17,18). The summed E-state index contributed by atoms with van der Waals surface area (Å²) in [5.41, 5.74) is 1.18. The van der Waals surface area contributed by atoms with Crippen molar-refractivity contribution in [2.24, 2.45) is 0 Å². The van der Waals surface area contributed by atoms with Gasteiger partial charge in [-0.1, -0.05) is 0 Å². The van der Waals surface area contributed by atoms with Crippen molar-refractivity contribution >= 4 is 0 Å². The number of aryl methyl sites for hydroxylation is 1. The van der Waals surface area contributed by atoms with Gasteiger partial charge in [-0.3, -0.25) is 0 Å². The highest BCUT2D eigenvalue weighted by atomic mass is 19.3. The first-order valence-electron chi connectivity index (χ1n) is 5.51. The molecule has 0 unspecified atom stereocenters. The summed E-state index contributed by atoms with van der Waals surface area (Å²) in [6.07, 6.45) is 1.55. The highest BCUT2D eigenvalue weighted by Crippen LogP contribution is 2.33. The van der Waals surface area contributed by atoms with Crippen molar-refractivity contribution in [2.75, 3.05) is 0 Å². The van der Waals surface area contributed by atoms with Crippen LogP contribution in [0.3, 0.4) is 0 Å². The third kappa shape index (κ3) is 3.40. The minimum Gasteiger partial charge on any atom is -0.431 e. The van der Waals surface area contributed by atoms with E-state index in [1.807, 2.05) is 0 Å². The maximum absolute atomic E-state index is 12.3. The third-order valence-corrected chi connectivity index (χ3v) is 2.35. The number of rotatable bonds is 5. The summed E-state index contributed by atoms with van der Waals surface area (Å²) in [6, 6.07) is 3.69. The van der Waals surface area contributed by atoms with E-state index in [4.69, 9.17) is 0 Å². The summed E-state index contributed by atoms with van der Waals surface area (Å²) < 4.78 is 57.2. The maximum Gasteiger partial charge on any atom is 0.387 e. The van der Waals surface area contributed by atoms with Gasteiger partial charge in [-0.25, -0.2) is 4.98 Å². The molecular weight excluding hydrogens is 280 g/mol. The Morgan fingerprint density at radius 1 is 1.05 bits per heavy atom. The third-order valence-electron chi connectivity index (χ3n) is 2.35. The maximum atomic E-state index is 12.3. The fourth-order valence-electron chi connectivity index (χ4n) is 1.60. The average Bonchev–Trinajstić information content (AvgIpc) is 2.77. The SMILES string of the molecule is Cc1cnc(-c2ccc(OC(F)F)c(OC(F)F)c2)[nH]1. The highest BCUT2D eigenvalue weighted by molar-refractivity contribution is 5.61. The van der Waals surface area contributed by atoms with Gasteiger partial charge in [0.25, 0.3) is 0 Å². The van der Waals surface area contributed by atoms with E-state index in [0.29, 0.717) is 11.4 Å². The normalized spacial score (nSPS) is 11.2. The number of nitrogens with one attached hydrogen (secondary N) is 1. The van der Waals surface area contributed by atoms with Gasteiger partial charge in [0.2, 0.25) is 0 Å².